The number of ether oxygens (including phenoxy) is 2. The fourth-order valence-electron chi connectivity index (χ4n) is 2.83. The molecule has 0 unspecified atom stereocenters. The van der Waals surface area contributed by atoms with Crippen molar-refractivity contribution in [2.45, 2.75) is 19.4 Å². The molecule has 1 heterocycles. The molecule has 1 atom stereocenters. The lowest BCUT2D eigenvalue weighted by atomic mass is 10.1. The predicted molar refractivity (Wildman–Crippen MR) is 115 cm³/mol. The summed E-state index contributed by atoms with van der Waals surface area (Å²) in [6.45, 7) is 1.67. The van der Waals surface area contributed by atoms with Gasteiger partial charge in [0.05, 0.1) is 16.0 Å². The Morgan fingerprint density at radius 1 is 1.24 bits per heavy atom. The third kappa shape index (κ3) is 6.05. The maximum absolute atomic E-state index is 12.4. The number of nitrogens with zero attached hydrogens (tertiary/aromatic N) is 1. The summed E-state index contributed by atoms with van der Waals surface area (Å²) in [6.07, 6.45) is -5.63. The van der Waals surface area contributed by atoms with E-state index in [1.165, 1.54) is 6.07 Å². The minimum absolute atomic E-state index is 0.0119. The molecule has 3 rings (SSSR count). The van der Waals surface area contributed by atoms with Crippen molar-refractivity contribution in [3.05, 3.63) is 74.1 Å². The van der Waals surface area contributed by atoms with Gasteiger partial charge >= 0.3 is 12.3 Å². The zero-order valence-electron chi connectivity index (χ0n) is 16.6. The lowest BCUT2D eigenvalue weighted by Crippen LogP contribution is -2.17. The highest BCUT2D eigenvalue weighted by molar-refractivity contribution is 7.18. The minimum Gasteiger partial charge on any atom is -0.484 e. The Morgan fingerprint density at radius 3 is 2.55 bits per heavy atom. The maximum atomic E-state index is 12.4. The molecule has 0 spiro atoms. The topological polar surface area (TPSA) is 111 Å². The Labute approximate surface area is 193 Å². The van der Waals surface area contributed by atoms with Crippen LogP contribution in [0.4, 0.5) is 29.5 Å². The fourth-order valence-corrected chi connectivity index (χ4v) is 3.96. The average molecular weight is 503 g/mol. The van der Waals surface area contributed by atoms with Gasteiger partial charge in [0.15, 0.2) is 4.88 Å². The molecule has 0 saturated carbocycles. The molecule has 174 valence electrons. The number of hydrogen-bond donors (Lipinski definition) is 2. The number of hydrogen-bond acceptors (Lipinski definition) is 7. The van der Waals surface area contributed by atoms with Crippen LogP contribution in [0.2, 0.25) is 5.02 Å². The number of carbonyl (C=O) groups is 1. The third-order valence-corrected chi connectivity index (χ3v) is 5.56. The fraction of sp³-hybridized carbons (Fsp3) is 0.150. The summed E-state index contributed by atoms with van der Waals surface area (Å²) in [7, 11) is 0. The molecule has 2 aromatic carbocycles. The number of benzene rings is 2. The molecule has 0 radical (unpaired) electrons. The lowest BCUT2D eigenvalue weighted by molar-refractivity contribution is -0.384. The number of thiophene rings is 1. The van der Waals surface area contributed by atoms with Gasteiger partial charge < -0.3 is 19.9 Å². The monoisotopic (exact) mass is 502 g/mol. The summed E-state index contributed by atoms with van der Waals surface area (Å²) >= 11 is 6.89. The van der Waals surface area contributed by atoms with Gasteiger partial charge in [0, 0.05) is 16.7 Å². The van der Waals surface area contributed by atoms with Gasteiger partial charge in [0.1, 0.15) is 23.3 Å². The SMILES string of the molecule is C[C@@H](Oc1cc(Nc2ccc(OC(F)(F)F)cc2[N+](=O)[O-])sc1C(=O)O)c1ccccc1Cl. The highest BCUT2D eigenvalue weighted by Crippen LogP contribution is 2.40. The van der Waals surface area contributed by atoms with E-state index in [1.54, 1.807) is 31.2 Å². The number of halogens is 4. The number of nitrogens with one attached hydrogen (secondary N) is 1. The number of rotatable bonds is 8. The van der Waals surface area contributed by atoms with Crippen LogP contribution in [0.3, 0.4) is 0 Å². The van der Waals surface area contributed by atoms with Crippen molar-refractivity contribution in [3.63, 3.8) is 0 Å². The van der Waals surface area contributed by atoms with E-state index in [0.717, 1.165) is 23.5 Å². The molecular formula is C20H14ClF3N2O6S. The average Bonchev–Trinajstić information content (AvgIpc) is 3.10. The molecule has 8 nitrogen and oxygen atoms in total. The predicted octanol–water partition coefficient (Wildman–Crippen LogP) is 6.79. The van der Waals surface area contributed by atoms with Crippen molar-refractivity contribution in [2.75, 3.05) is 5.32 Å². The highest BCUT2D eigenvalue weighted by Gasteiger charge is 2.32. The molecule has 13 heteroatoms. The van der Waals surface area contributed by atoms with Gasteiger partial charge in [-0.15, -0.1) is 24.5 Å². The molecule has 0 saturated heterocycles. The van der Waals surface area contributed by atoms with E-state index in [1.807, 2.05) is 0 Å². The van der Waals surface area contributed by atoms with E-state index in [-0.39, 0.29) is 21.3 Å². The Kier molecular flexibility index (Phi) is 6.98. The second-order valence-corrected chi connectivity index (χ2v) is 7.96. The van der Waals surface area contributed by atoms with Gasteiger partial charge in [0.2, 0.25) is 0 Å². The van der Waals surface area contributed by atoms with Crippen LogP contribution in [-0.4, -0.2) is 22.4 Å². The molecule has 0 aliphatic heterocycles. The molecule has 0 aliphatic rings. The third-order valence-electron chi connectivity index (χ3n) is 4.20. The van der Waals surface area contributed by atoms with E-state index < -0.39 is 34.8 Å². The maximum Gasteiger partial charge on any atom is 0.573 e. The minimum atomic E-state index is -5.02. The van der Waals surface area contributed by atoms with Crippen molar-refractivity contribution >= 4 is 45.3 Å². The van der Waals surface area contributed by atoms with Gasteiger partial charge in [-0.1, -0.05) is 29.8 Å². The summed E-state index contributed by atoms with van der Waals surface area (Å²) in [5.74, 6) is -2.07. The second-order valence-electron chi connectivity index (χ2n) is 6.50. The number of carboxylic acids is 1. The number of anilines is 2. The van der Waals surface area contributed by atoms with Gasteiger partial charge in [-0.05, 0) is 25.1 Å². The standard InChI is InChI=1S/C20H14ClF3N2O6S/c1-10(12-4-2-3-5-13(12)21)31-16-9-17(33-18(16)19(27)28)25-14-7-6-11(32-20(22,23)24)8-15(14)26(29)30/h2-10,25H,1H3,(H,27,28)/t10-/m1/s1. The van der Waals surface area contributed by atoms with Crippen LogP contribution in [0, 0.1) is 10.1 Å². The molecule has 0 aliphatic carbocycles. The molecule has 1 aromatic heterocycles. The van der Waals surface area contributed by atoms with Gasteiger partial charge in [0.25, 0.3) is 5.69 Å². The van der Waals surface area contributed by atoms with Crippen LogP contribution >= 0.6 is 22.9 Å². The van der Waals surface area contributed by atoms with Gasteiger partial charge in [-0.2, -0.15) is 0 Å². The molecule has 0 fully saturated rings. The number of nitro benzene ring substituents is 1. The van der Waals surface area contributed by atoms with Gasteiger partial charge in [-0.3, -0.25) is 10.1 Å². The summed E-state index contributed by atoms with van der Waals surface area (Å²) in [4.78, 5) is 21.9. The number of aromatic carboxylic acids is 1. The van der Waals surface area contributed by atoms with Crippen molar-refractivity contribution in [1.82, 2.24) is 0 Å². The molecule has 3 aromatic rings. The first-order valence-corrected chi connectivity index (χ1v) is 10.2. The van der Waals surface area contributed by atoms with E-state index in [0.29, 0.717) is 16.7 Å². The normalized spacial score (nSPS) is 12.2. The van der Waals surface area contributed by atoms with Crippen LogP contribution in [-0.2, 0) is 0 Å². The van der Waals surface area contributed by atoms with Crippen molar-refractivity contribution in [1.29, 1.82) is 0 Å². The van der Waals surface area contributed by atoms with Crippen LogP contribution in [0.5, 0.6) is 11.5 Å². The highest BCUT2D eigenvalue weighted by atomic mass is 35.5. The Hall–Kier alpha value is -3.51. The van der Waals surface area contributed by atoms with Crippen LogP contribution in [0.15, 0.2) is 48.5 Å². The number of carboxylic acid groups (broad SMARTS) is 1. The number of alkyl halides is 3. The molecule has 0 amide bonds. The van der Waals surface area contributed by atoms with Crippen LogP contribution in [0.25, 0.3) is 0 Å². The van der Waals surface area contributed by atoms with E-state index >= 15 is 0 Å². The smallest absolute Gasteiger partial charge is 0.484 e. The zero-order valence-corrected chi connectivity index (χ0v) is 18.1. The van der Waals surface area contributed by atoms with Crippen molar-refractivity contribution < 1.29 is 37.5 Å². The van der Waals surface area contributed by atoms with E-state index in [4.69, 9.17) is 16.3 Å². The molecule has 33 heavy (non-hydrogen) atoms. The summed E-state index contributed by atoms with van der Waals surface area (Å²) in [5, 5.41) is 24.1. The molecule has 2 N–H and O–H groups in total. The Balaban J connectivity index is 1.90. The van der Waals surface area contributed by atoms with E-state index in [9.17, 15) is 33.2 Å². The van der Waals surface area contributed by atoms with E-state index in [2.05, 4.69) is 10.1 Å². The Morgan fingerprint density at radius 2 is 1.94 bits per heavy atom. The molecular weight excluding hydrogens is 489 g/mol. The lowest BCUT2D eigenvalue weighted by Gasteiger charge is -2.15. The first-order valence-electron chi connectivity index (χ1n) is 9.04. The first-order chi connectivity index (χ1) is 15.4. The van der Waals surface area contributed by atoms with Crippen molar-refractivity contribution in [3.8, 4) is 11.5 Å². The van der Waals surface area contributed by atoms with Crippen LogP contribution < -0.4 is 14.8 Å². The summed E-state index contributed by atoms with van der Waals surface area (Å²) in [6, 6.07) is 10.7. The van der Waals surface area contributed by atoms with Gasteiger partial charge in [-0.25, -0.2) is 4.79 Å². The Bertz CT molecular complexity index is 1200. The first kappa shape index (κ1) is 24.1. The largest absolute Gasteiger partial charge is 0.573 e. The summed E-state index contributed by atoms with van der Waals surface area (Å²) < 4.78 is 46.7. The summed E-state index contributed by atoms with van der Waals surface area (Å²) in [5.41, 5.74) is -0.251. The number of nitro groups is 1. The second kappa shape index (κ2) is 9.55. The van der Waals surface area contributed by atoms with Crippen molar-refractivity contribution in [2.24, 2.45) is 0 Å². The van der Waals surface area contributed by atoms with Crippen LogP contribution in [0.1, 0.15) is 28.3 Å². The zero-order chi connectivity index (χ0) is 24.3. The molecule has 0 bridgehead atoms. The quantitative estimate of drug-likeness (QED) is 0.257.